The number of hydrogen-bond acceptors (Lipinski definition) is 4. The molecule has 1 heterocycles. The van der Waals surface area contributed by atoms with E-state index in [9.17, 15) is 10.1 Å². The van der Waals surface area contributed by atoms with Crippen LogP contribution in [0, 0.1) is 17.2 Å². The normalized spacial score (nSPS) is 15.7. The fraction of sp³-hybridized carbons (Fsp3) is 0.500. The number of ether oxygens (including phenoxy) is 1. The Morgan fingerprint density at radius 1 is 1.36 bits per heavy atom. The molecule has 25 heavy (non-hydrogen) atoms. The minimum atomic E-state index is -0.301. The second-order valence-corrected chi connectivity index (χ2v) is 6.43. The third-order valence-corrected chi connectivity index (χ3v) is 4.50. The molecule has 1 aliphatic heterocycles. The van der Waals surface area contributed by atoms with E-state index in [1.54, 1.807) is 13.3 Å². The number of methoxy groups -OCH3 is 1. The lowest BCUT2D eigenvalue weighted by Crippen LogP contribution is -2.32. The van der Waals surface area contributed by atoms with Crippen molar-refractivity contribution in [1.82, 2.24) is 10.2 Å². The largest absolute Gasteiger partial charge is 0.385 e. The molecule has 0 spiro atoms. The third kappa shape index (κ3) is 6.60. The Morgan fingerprint density at radius 3 is 2.72 bits per heavy atom. The SMILES string of the molecule is COCCCNC(=O)/C(C#N)=C\N1CCC(Cc2ccccc2)CC1. The van der Waals surface area contributed by atoms with E-state index in [0.717, 1.165) is 38.8 Å². The zero-order valence-corrected chi connectivity index (χ0v) is 14.9. The number of rotatable bonds is 8. The highest BCUT2D eigenvalue weighted by atomic mass is 16.5. The van der Waals surface area contributed by atoms with Gasteiger partial charge in [-0.15, -0.1) is 0 Å². The average Bonchev–Trinajstić information content (AvgIpc) is 2.65. The fourth-order valence-corrected chi connectivity index (χ4v) is 3.07. The van der Waals surface area contributed by atoms with Gasteiger partial charge in [-0.1, -0.05) is 30.3 Å². The Morgan fingerprint density at radius 2 is 2.08 bits per heavy atom. The Balaban J connectivity index is 1.79. The van der Waals surface area contributed by atoms with Crippen molar-refractivity contribution in [3.63, 3.8) is 0 Å². The summed E-state index contributed by atoms with van der Waals surface area (Å²) in [6.45, 7) is 2.89. The molecule has 0 saturated carbocycles. The quantitative estimate of drug-likeness (QED) is 0.448. The summed E-state index contributed by atoms with van der Waals surface area (Å²) in [5, 5.41) is 12.0. The van der Waals surface area contributed by atoms with E-state index in [4.69, 9.17) is 4.74 Å². The maximum Gasteiger partial charge on any atom is 0.263 e. The van der Waals surface area contributed by atoms with Crippen LogP contribution in [0.3, 0.4) is 0 Å². The highest BCUT2D eigenvalue weighted by molar-refractivity contribution is 5.97. The third-order valence-electron chi connectivity index (χ3n) is 4.50. The first kappa shape index (κ1) is 19.0. The predicted molar refractivity (Wildman–Crippen MR) is 97.6 cm³/mol. The molecule has 1 N–H and O–H groups in total. The van der Waals surface area contributed by atoms with Crippen molar-refractivity contribution in [2.24, 2.45) is 5.92 Å². The van der Waals surface area contributed by atoms with E-state index in [1.807, 2.05) is 12.1 Å². The van der Waals surface area contributed by atoms with Gasteiger partial charge in [-0.2, -0.15) is 5.26 Å². The smallest absolute Gasteiger partial charge is 0.263 e. The van der Waals surface area contributed by atoms with Crippen LogP contribution in [0.25, 0.3) is 0 Å². The second-order valence-electron chi connectivity index (χ2n) is 6.43. The number of likely N-dealkylation sites (tertiary alicyclic amines) is 1. The molecule has 0 aromatic heterocycles. The maximum absolute atomic E-state index is 12.0. The molecule has 1 fully saturated rings. The number of hydrogen-bond donors (Lipinski definition) is 1. The number of nitriles is 1. The van der Waals surface area contributed by atoms with Gasteiger partial charge in [-0.05, 0) is 37.2 Å². The number of carbonyl (C=O) groups is 1. The molecule has 0 aliphatic carbocycles. The van der Waals surface area contributed by atoms with Gasteiger partial charge in [0.1, 0.15) is 11.6 Å². The van der Waals surface area contributed by atoms with E-state index in [2.05, 4.69) is 34.5 Å². The lowest BCUT2D eigenvalue weighted by Gasteiger charge is -2.31. The van der Waals surface area contributed by atoms with E-state index in [-0.39, 0.29) is 11.5 Å². The van der Waals surface area contributed by atoms with Crippen LogP contribution >= 0.6 is 0 Å². The minimum absolute atomic E-state index is 0.180. The Labute approximate surface area is 150 Å². The van der Waals surface area contributed by atoms with Crippen LogP contribution in [-0.4, -0.2) is 44.2 Å². The number of nitrogens with zero attached hydrogens (tertiary/aromatic N) is 2. The van der Waals surface area contributed by atoms with Crippen molar-refractivity contribution in [1.29, 1.82) is 5.26 Å². The van der Waals surface area contributed by atoms with Crippen LogP contribution in [0.4, 0.5) is 0 Å². The lowest BCUT2D eigenvalue weighted by molar-refractivity contribution is -0.117. The number of piperidine rings is 1. The molecule has 2 rings (SSSR count). The number of benzene rings is 1. The Hall–Kier alpha value is -2.32. The molecule has 134 valence electrons. The van der Waals surface area contributed by atoms with Crippen LogP contribution in [0.2, 0.25) is 0 Å². The number of nitrogens with one attached hydrogen (secondary N) is 1. The van der Waals surface area contributed by atoms with Crippen LogP contribution in [-0.2, 0) is 16.0 Å². The summed E-state index contributed by atoms with van der Waals surface area (Å²) in [5.41, 5.74) is 1.56. The van der Waals surface area contributed by atoms with Crippen LogP contribution in [0.5, 0.6) is 0 Å². The Kier molecular flexibility index (Phi) is 8.00. The molecule has 5 heteroatoms. The minimum Gasteiger partial charge on any atom is -0.385 e. The van der Waals surface area contributed by atoms with Crippen molar-refractivity contribution >= 4 is 5.91 Å². The second kappa shape index (κ2) is 10.5. The summed E-state index contributed by atoms with van der Waals surface area (Å²) < 4.78 is 4.95. The van der Waals surface area contributed by atoms with E-state index in [0.29, 0.717) is 19.1 Å². The molecular weight excluding hydrogens is 314 g/mol. The number of amides is 1. The first-order chi connectivity index (χ1) is 12.2. The molecule has 1 saturated heterocycles. The van der Waals surface area contributed by atoms with Gasteiger partial charge in [0.2, 0.25) is 0 Å². The summed E-state index contributed by atoms with van der Waals surface area (Å²) in [5.74, 6) is 0.366. The highest BCUT2D eigenvalue weighted by Gasteiger charge is 2.19. The zero-order valence-electron chi connectivity index (χ0n) is 14.9. The van der Waals surface area contributed by atoms with E-state index >= 15 is 0 Å². The van der Waals surface area contributed by atoms with Gasteiger partial charge in [-0.25, -0.2) is 0 Å². The van der Waals surface area contributed by atoms with Gasteiger partial charge in [-0.3, -0.25) is 4.79 Å². The molecule has 5 nitrogen and oxygen atoms in total. The standard InChI is InChI=1S/C20H27N3O2/c1-25-13-5-10-22-20(24)19(15-21)16-23-11-8-18(9-12-23)14-17-6-3-2-4-7-17/h2-4,6-7,16,18H,5,8-14H2,1H3,(H,22,24)/b19-16-. The van der Waals surface area contributed by atoms with Gasteiger partial charge in [0.05, 0.1) is 0 Å². The van der Waals surface area contributed by atoms with Crippen LogP contribution in [0.15, 0.2) is 42.1 Å². The van der Waals surface area contributed by atoms with Gasteiger partial charge < -0.3 is 15.0 Å². The first-order valence-electron chi connectivity index (χ1n) is 8.90. The monoisotopic (exact) mass is 341 g/mol. The predicted octanol–water partition coefficient (Wildman–Crippen LogP) is 2.50. The lowest BCUT2D eigenvalue weighted by atomic mass is 9.90. The molecular formula is C20H27N3O2. The van der Waals surface area contributed by atoms with Crippen LogP contribution in [0.1, 0.15) is 24.8 Å². The van der Waals surface area contributed by atoms with Gasteiger partial charge >= 0.3 is 0 Å². The molecule has 1 aromatic rings. The summed E-state index contributed by atoms with van der Waals surface area (Å²) in [6, 6.07) is 12.6. The maximum atomic E-state index is 12.0. The molecule has 0 atom stereocenters. The molecule has 1 amide bonds. The number of carbonyl (C=O) groups excluding carboxylic acids is 1. The van der Waals surface area contributed by atoms with Gasteiger partial charge in [0.15, 0.2) is 0 Å². The van der Waals surface area contributed by atoms with Crippen molar-refractivity contribution in [3.05, 3.63) is 47.7 Å². The first-order valence-corrected chi connectivity index (χ1v) is 8.90. The van der Waals surface area contributed by atoms with E-state index in [1.165, 1.54) is 5.56 Å². The van der Waals surface area contributed by atoms with Crippen molar-refractivity contribution in [2.45, 2.75) is 25.7 Å². The summed E-state index contributed by atoms with van der Waals surface area (Å²) >= 11 is 0. The summed E-state index contributed by atoms with van der Waals surface area (Å²) in [7, 11) is 1.63. The zero-order chi connectivity index (χ0) is 17.9. The average molecular weight is 341 g/mol. The van der Waals surface area contributed by atoms with Crippen molar-refractivity contribution in [2.75, 3.05) is 33.4 Å². The summed E-state index contributed by atoms with van der Waals surface area (Å²) in [4.78, 5) is 14.1. The van der Waals surface area contributed by atoms with Crippen molar-refractivity contribution < 1.29 is 9.53 Å². The molecule has 1 aromatic carbocycles. The highest BCUT2D eigenvalue weighted by Crippen LogP contribution is 2.22. The topological polar surface area (TPSA) is 65.4 Å². The molecule has 0 unspecified atom stereocenters. The molecule has 0 radical (unpaired) electrons. The fourth-order valence-electron chi connectivity index (χ4n) is 3.07. The molecule has 0 bridgehead atoms. The van der Waals surface area contributed by atoms with E-state index < -0.39 is 0 Å². The van der Waals surface area contributed by atoms with Gasteiger partial charge in [0.25, 0.3) is 5.91 Å². The Bertz CT molecular complexity index is 599. The van der Waals surface area contributed by atoms with Crippen LogP contribution < -0.4 is 5.32 Å². The summed E-state index contributed by atoms with van der Waals surface area (Å²) in [6.07, 6.45) is 5.72. The van der Waals surface area contributed by atoms with Gasteiger partial charge in [0, 0.05) is 39.6 Å². The van der Waals surface area contributed by atoms with Crippen molar-refractivity contribution in [3.8, 4) is 6.07 Å². The molecule has 1 aliphatic rings.